The Morgan fingerprint density at radius 1 is 0.337 bits per heavy atom. The van der Waals surface area contributed by atoms with Gasteiger partial charge in [-0.15, -0.1) is 0 Å². The largest absolute Gasteiger partial charge is 0.472 e. The van der Waals surface area contributed by atoms with E-state index in [1.807, 2.05) is 0 Å². The zero-order chi connectivity index (χ0) is 69.4. The van der Waals surface area contributed by atoms with E-state index in [0.717, 1.165) is 115 Å². The van der Waals surface area contributed by atoms with Gasteiger partial charge in [0.15, 0.2) is 12.2 Å². The molecule has 1 aliphatic carbocycles. The van der Waals surface area contributed by atoms with Gasteiger partial charge in [0, 0.05) is 25.7 Å². The van der Waals surface area contributed by atoms with E-state index in [-0.39, 0.29) is 25.7 Å². The topological polar surface area (TPSA) is 237 Å². The van der Waals surface area contributed by atoms with E-state index < -0.39 is 97.5 Å². The summed E-state index contributed by atoms with van der Waals surface area (Å²) in [5.74, 6) is -0.339. The Hall–Kier alpha value is -2.20. The third-order valence-electron chi connectivity index (χ3n) is 18.2. The molecular weight excluding hydrogens is 1250 g/mol. The lowest BCUT2D eigenvalue weighted by atomic mass is 10.0. The van der Waals surface area contributed by atoms with Gasteiger partial charge < -0.3 is 33.8 Å². The molecule has 0 heterocycles. The second kappa shape index (κ2) is 65.1. The molecule has 95 heavy (non-hydrogen) atoms. The number of aliphatic hydroxyl groups excluding tert-OH is 1. The highest BCUT2D eigenvalue weighted by atomic mass is 31.2. The van der Waals surface area contributed by atoms with E-state index in [2.05, 4.69) is 39.8 Å². The summed E-state index contributed by atoms with van der Waals surface area (Å²) in [5.41, 5.74) is 0. The summed E-state index contributed by atoms with van der Waals surface area (Å²) in [6.45, 7) is 4.98. The van der Waals surface area contributed by atoms with Gasteiger partial charge in [-0.1, -0.05) is 310 Å². The van der Waals surface area contributed by atoms with E-state index >= 15 is 0 Å². The van der Waals surface area contributed by atoms with Crippen LogP contribution in [0.15, 0.2) is 12.2 Å². The van der Waals surface area contributed by atoms with Crippen LogP contribution < -0.4 is 0 Å². The number of ether oxygens (including phenoxy) is 4. The summed E-state index contributed by atoms with van der Waals surface area (Å²) < 4.78 is 68.6. The van der Waals surface area contributed by atoms with Crippen LogP contribution in [0.1, 0.15) is 381 Å². The smallest absolute Gasteiger partial charge is 0.462 e. The average molecular weight is 1390 g/mol. The minimum Gasteiger partial charge on any atom is -0.462 e. The van der Waals surface area contributed by atoms with Crippen molar-refractivity contribution >= 4 is 39.5 Å². The number of rotatable bonds is 74. The number of carbonyl (C=O) groups excluding carboxylic acids is 4. The molecule has 19 heteroatoms. The van der Waals surface area contributed by atoms with Crippen LogP contribution in [0.2, 0.25) is 0 Å². The van der Waals surface area contributed by atoms with Crippen LogP contribution in [0.4, 0.5) is 0 Å². The van der Waals surface area contributed by atoms with Crippen molar-refractivity contribution in [3.8, 4) is 0 Å². The number of carbonyl (C=O) groups is 4. The van der Waals surface area contributed by atoms with Gasteiger partial charge in [-0.2, -0.15) is 0 Å². The molecule has 1 saturated carbocycles. The molecule has 0 bridgehead atoms. The monoisotopic (exact) mass is 1390 g/mol. The minimum absolute atomic E-state index is 0.105. The van der Waals surface area contributed by atoms with Gasteiger partial charge in [0.05, 0.1) is 26.4 Å². The van der Waals surface area contributed by atoms with Crippen LogP contribution >= 0.6 is 15.6 Å². The standard InChI is InChI=1S/C76H144O17P2/c1-5-9-13-17-20-23-26-29-30-32-34-37-40-46-52-58-73(78)86-64-71(92-75(80)59-53-47-41-38-35-31-27-24-21-18-14-10-6-2)66-90-94(82,83)88-62-70(77)63-89-95(84,85)91-67-72(65-87-74(79)57-51-45-39-36-33-28-25-22-19-15-11-7-3)93-76(81)60-54-48-42-44-50-56-69-61-68(69)55-49-43-16-12-8-4/h29-30,68-72,77H,5-28,31-67H2,1-4H3,(H,82,83)(H,84,85)/b30-29+/t68?,69?,70?,71-,72-/m1/s1. The predicted octanol–water partition coefficient (Wildman–Crippen LogP) is 21.9. The van der Waals surface area contributed by atoms with Gasteiger partial charge in [-0.3, -0.25) is 37.3 Å². The number of phosphoric acid groups is 2. The SMILES string of the molecule is CCCCCCCC/C=C/CCCCCCCC(=O)OC[C@H](COP(=O)(O)OCC(O)COP(=O)(O)OC[C@@H](COC(=O)CCCCCCCCCCCCCC)OC(=O)CCCCCCCC1CC1CCCCCCC)OC(=O)CCCCCCCCCCCCCCC. The molecule has 0 spiro atoms. The molecule has 7 atom stereocenters. The molecule has 0 saturated heterocycles. The highest BCUT2D eigenvalue weighted by Crippen LogP contribution is 2.47. The first kappa shape index (κ1) is 90.8. The molecule has 1 rings (SSSR count). The van der Waals surface area contributed by atoms with Crippen molar-refractivity contribution in [1.29, 1.82) is 0 Å². The Morgan fingerprint density at radius 2 is 0.579 bits per heavy atom. The summed E-state index contributed by atoms with van der Waals surface area (Å²) in [6.07, 6.45) is 59.6. The zero-order valence-corrected chi connectivity index (χ0v) is 62.9. The predicted molar refractivity (Wildman–Crippen MR) is 384 cm³/mol. The third kappa shape index (κ3) is 62.5. The number of hydrogen-bond donors (Lipinski definition) is 3. The molecule has 5 unspecified atom stereocenters. The van der Waals surface area contributed by atoms with Gasteiger partial charge in [-0.05, 0) is 69.6 Å². The fraction of sp³-hybridized carbons (Fsp3) is 0.921. The highest BCUT2D eigenvalue weighted by Gasteiger charge is 2.35. The molecule has 1 aliphatic rings. The van der Waals surface area contributed by atoms with Crippen molar-refractivity contribution in [2.45, 2.75) is 399 Å². The Balaban J connectivity index is 2.71. The summed E-state index contributed by atoms with van der Waals surface area (Å²) in [6, 6.07) is 0. The van der Waals surface area contributed by atoms with E-state index in [1.165, 1.54) is 199 Å². The van der Waals surface area contributed by atoms with Crippen LogP contribution in [-0.4, -0.2) is 96.7 Å². The van der Waals surface area contributed by atoms with Crippen molar-refractivity contribution in [3.63, 3.8) is 0 Å². The van der Waals surface area contributed by atoms with Crippen molar-refractivity contribution < 1.29 is 80.2 Å². The number of allylic oxidation sites excluding steroid dienone is 2. The Labute approximate surface area is 579 Å². The first-order valence-corrected chi connectivity index (χ1v) is 42.4. The van der Waals surface area contributed by atoms with E-state index in [4.69, 9.17) is 37.0 Å². The lowest BCUT2D eigenvalue weighted by molar-refractivity contribution is -0.161. The molecule has 1 fully saturated rings. The number of esters is 4. The molecule has 0 radical (unpaired) electrons. The van der Waals surface area contributed by atoms with Gasteiger partial charge >= 0.3 is 39.5 Å². The Kier molecular flexibility index (Phi) is 62.3. The molecular formula is C76H144O17P2. The maximum atomic E-state index is 13.1. The molecule has 560 valence electrons. The molecule has 0 aromatic heterocycles. The summed E-state index contributed by atoms with van der Waals surface area (Å²) in [7, 11) is -9.92. The second-order valence-corrected chi connectivity index (χ2v) is 30.5. The first-order chi connectivity index (χ1) is 46.1. The van der Waals surface area contributed by atoms with E-state index in [9.17, 15) is 43.2 Å². The highest BCUT2D eigenvalue weighted by molar-refractivity contribution is 7.47. The summed E-state index contributed by atoms with van der Waals surface area (Å²) in [4.78, 5) is 72.9. The van der Waals surface area contributed by atoms with Crippen molar-refractivity contribution in [3.05, 3.63) is 12.2 Å². The van der Waals surface area contributed by atoms with E-state index in [1.54, 1.807) is 0 Å². The molecule has 17 nitrogen and oxygen atoms in total. The molecule has 0 aliphatic heterocycles. The normalized spacial score (nSPS) is 16.1. The van der Waals surface area contributed by atoms with Crippen LogP contribution in [-0.2, 0) is 65.4 Å². The fourth-order valence-corrected chi connectivity index (χ4v) is 13.6. The number of unbranched alkanes of at least 4 members (excludes halogenated alkanes) is 42. The average Bonchev–Trinajstić information content (AvgIpc) is 1.75. The van der Waals surface area contributed by atoms with Crippen LogP contribution in [0.25, 0.3) is 0 Å². The zero-order valence-electron chi connectivity index (χ0n) is 61.1. The van der Waals surface area contributed by atoms with Gasteiger partial charge in [-0.25, -0.2) is 9.13 Å². The van der Waals surface area contributed by atoms with Crippen molar-refractivity contribution in [2.24, 2.45) is 11.8 Å². The van der Waals surface area contributed by atoms with Gasteiger partial charge in [0.25, 0.3) is 0 Å². The molecule has 0 aromatic carbocycles. The van der Waals surface area contributed by atoms with Crippen LogP contribution in [0.5, 0.6) is 0 Å². The lowest BCUT2D eigenvalue weighted by Gasteiger charge is -2.21. The third-order valence-corrected chi connectivity index (χ3v) is 20.1. The van der Waals surface area contributed by atoms with E-state index in [0.29, 0.717) is 25.7 Å². The number of aliphatic hydroxyl groups is 1. The Morgan fingerprint density at radius 3 is 0.874 bits per heavy atom. The molecule has 0 aromatic rings. The summed E-state index contributed by atoms with van der Waals surface area (Å²) >= 11 is 0. The fourth-order valence-electron chi connectivity index (χ4n) is 12.0. The lowest BCUT2D eigenvalue weighted by Crippen LogP contribution is -2.30. The maximum Gasteiger partial charge on any atom is 0.472 e. The van der Waals surface area contributed by atoms with Crippen LogP contribution in [0, 0.1) is 11.8 Å². The quantitative estimate of drug-likeness (QED) is 0.0169. The van der Waals surface area contributed by atoms with Gasteiger partial charge in [0.2, 0.25) is 0 Å². The van der Waals surface area contributed by atoms with Crippen molar-refractivity contribution in [2.75, 3.05) is 39.6 Å². The maximum absolute atomic E-state index is 13.1. The summed E-state index contributed by atoms with van der Waals surface area (Å²) in [5, 5.41) is 10.6. The van der Waals surface area contributed by atoms with Crippen LogP contribution in [0.3, 0.4) is 0 Å². The second-order valence-electron chi connectivity index (χ2n) is 27.6. The van der Waals surface area contributed by atoms with Crippen molar-refractivity contribution in [1.82, 2.24) is 0 Å². The Bertz CT molecular complexity index is 1920. The number of phosphoric ester groups is 2. The molecule has 0 amide bonds. The number of hydrogen-bond acceptors (Lipinski definition) is 15. The minimum atomic E-state index is -4.96. The first-order valence-electron chi connectivity index (χ1n) is 39.4. The van der Waals surface area contributed by atoms with Gasteiger partial charge in [0.1, 0.15) is 19.3 Å². The molecule has 3 N–H and O–H groups in total.